The first-order valence-electron chi connectivity index (χ1n) is 5.57. The number of benzene rings is 1. The third kappa shape index (κ3) is 3.46. The van der Waals surface area contributed by atoms with Crippen LogP contribution in [0.1, 0.15) is 36.2 Å². The molecule has 94 valence electrons. The van der Waals surface area contributed by atoms with Crippen molar-refractivity contribution in [3.63, 3.8) is 0 Å². The van der Waals surface area contributed by atoms with Crippen molar-refractivity contribution in [1.82, 2.24) is 5.32 Å². The van der Waals surface area contributed by atoms with Gasteiger partial charge in [0.05, 0.1) is 10.6 Å². The molecule has 0 fully saturated rings. The third-order valence-electron chi connectivity index (χ3n) is 2.93. The third-order valence-corrected chi connectivity index (χ3v) is 4.67. The number of rotatable bonds is 4. The number of carbonyl (C=O) groups is 1. The Hall–Kier alpha value is -0.540. The summed E-state index contributed by atoms with van der Waals surface area (Å²) in [6, 6.07) is 5.48. The van der Waals surface area contributed by atoms with E-state index in [9.17, 15) is 4.79 Å². The van der Waals surface area contributed by atoms with Gasteiger partial charge in [0.1, 0.15) is 0 Å². The van der Waals surface area contributed by atoms with Gasteiger partial charge in [0.15, 0.2) is 0 Å². The Balaban J connectivity index is 2.94. The van der Waals surface area contributed by atoms with Gasteiger partial charge < -0.3 is 5.32 Å². The van der Waals surface area contributed by atoms with Crippen LogP contribution in [0.25, 0.3) is 0 Å². The maximum absolute atomic E-state index is 12.1. The standard InChI is InChI=1S/C13H17BrClNO/c1-4-13(3,8-14)16-12(17)10-7-5-6-9(2)11(10)15/h5-7H,4,8H2,1-3H3,(H,16,17). The lowest BCUT2D eigenvalue weighted by molar-refractivity contribution is 0.0913. The number of halogens is 2. The van der Waals surface area contributed by atoms with Crippen molar-refractivity contribution in [3.05, 3.63) is 34.3 Å². The molecule has 0 heterocycles. The first-order valence-corrected chi connectivity index (χ1v) is 7.07. The Morgan fingerprint density at radius 3 is 2.71 bits per heavy atom. The molecule has 0 saturated heterocycles. The maximum atomic E-state index is 12.1. The number of alkyl halides is 1. The molecule has 1 N–H and O–H groups in total. The van der Waals surface area contributed by atoms with E-state index >= 15 is 0 Å². The van der Waals surface area contributed by atoms with Crippen LogP contribution in [-0.2, 0) is 0 Å². The molecule has 0 aliphatic carbocycles. The van der Waals surface area contributed by atoms with Gasteiger partial charge in [-0.15, -0.1) is 0 Å². The Labute approximate surface area is 116 Å². The first-order chi connectivity index (χ1) is 7.93. The molecule has 0 saturated carbocycles. The van der Waals surface area contributed by atoms with E-state index in [-0.39, 0.29) is 11.4 Å². The minimum Gasteiger partial charge on any atom is -0.346 e. The number of nitrogens with one attached hydrogen (secondary N) is 1. The molecule has 0 bridgehead atoms. The van der Waals surface area contributed by atoms with Gasteiger partial charge in [-0.2, -0.15) is 0 Å². The Morgan fingerprint density at radius 2 is 2.18 bits per heavy atom. The van der Waals surface area contributed by atoms with E-state index in [2.05, 4.69) is 21.2 Å². The Morgan fingerprint density at radius 1 is 1.53 bits per heavy atom. The number of aryl methyl sites for hydroxylation is 1. The van der Waals surface area contributed by atoms with Crippen molar-refractivity contribution >= 4 is 33.4 Å². The fourth-order valence-electron chi connectivity index (χ4n) is 1.38. The molecule has 0 aromatic heterocycles. The van der Waals surface area contributed by atoms with Gasteiger partial charge in [-0.25, -0.2) is 0 Å². The van der Waals surface area contributed by atoms with Gasteiger partial charge in [-0.05, 0) is 31.9 Å². The van der Waals surface area contributed by atoms with E-state index in [0.717, 1.165) is 12.0 Å². The molecule has 1 atom stereocenters. The van der Waals surface area contributed by atoms with E-state index < -0.39 is 0 Å². The summed E-state index contributed by atoms with van der Waals surface area (Å²) in [5, 5.41) is 4.25. The molecule has 0 aliphatic heterocycles. The largest absolute Gasteiger partial charge is 0.346 e. The predicted octanol–water partition coefficient (Wildman–Crippen LogP) is 3.94. The van der Waals surface area contributed by atoms with Crippen LogP contribution in [0.5, 0.6) is 0 Å². The van der Waals surface area contributed by atoms with Crippen LogP contribution in [0.4, 0.5) is 0 Å². The minimum atomic E-state index is -0.246. The summed E-state index contributed by atoms with van der Waals surface area (Å²) >= 11 is 9.55. The lowest BCUT2D eigenvalue weighted by Gasteiger charge is -2.27. The minimum absolute atomic E-state index is 0.123. The summed E-state index contributed by atoms with van der Waals surface area (Å²) in [5.41, 5.74) is 1.20. The molecule has 0 radical (unpaired) electrons. The first kappa shape index (κ1) is 14.5. The van der Waals surface area contributed by atoms with Crippen LogP contribution in [0, 0.1) is 6.92 Å². The molecular formula is C13H17BrClNO. The molecule has 2 nitrogen and oxygen atoms in total. The van der Waals surface area contributed by atoms with Crippen molar-refractivity contribution in [1.29, 1.82) is 0 Å². The lowest BCUT2D eigenvalue weighted by atomic mass is 10.0. The summed E-state index contributed by atoms with van der Waals surface area (Å²) in [5.74, 6) is -0.123. The average Bonchev–Trinajstić information content (AvgIpc) is 2.32. The molecule has 1 amide bonds. The number of carbonyl (C=O) groups excluding carboxylic acids is 1. The molecule has 4 heteroatoms. The number of hydrogen-bond acceptors (Lipinski definition) is 1. The van der Waals surface area contributed by atoms with Crippen molar-refractivity contribution in [2.45, 2.75) is 32.7 Å². The second kappa shape index (κ2) is 5.87. The topological polar surface area (TPSA) is 29.1 Å². The van der Waals surface area contributed by atoms with Crippen LogP contribution < -0.4 is 5.32 Å². The van der Waals surface area contributed by atoms with Gasteiger partial charge in [-0.1, -0.05) is 46.6 Å². The highest BCUT2D eigenvalue weighted by Crippen LogP contribution is 2.21. The SMILES string of the molecule is CCC(C)(CBr)NC(=O)c1cccc(C)c1Cl. The molecule has 1 aromatic carbocycles. The van der Waals surface area contributed by atoms with Gasteiger partial charge in [0.2, 0.25) is 0 Å². The second-order valence-electron chi connectivity index (χ2n) is 4.44. The summed E-state index contributed by atoms with van der Waals surface area (Å²) in [6.07, 6.45) is 0.855. The van der Waals surface area contributed by atoms with Crippen LogP contribution in [-0.4, -0.2) is 16.8 Å². The van der Waals surface area contributed by atoms with Crippen molar-refractivity contribution in [3.8, 4) is 0 Å². The van der Waals surface area contributed by atoms with E-state index in [4.69, 9.17) is 11.6 Å². The highest BCUT2D eigenvalue weighted by molar-refractivity contribution is 9.09. The normalized spacial score (nSPS) is 14.2. The highest BCUT2D eigenvalue weighted by Gasteiger charge is 2.24. The van der Waals surface area contributed by atoms with Crippen LogP contribution >= 0.6 is 27.5 Å². The lowest BCUT2D eigenvalue weighted by Crippen LogP contribution is -2.47. The smallest absolute Gasteiger partial charge is 0.253 e. The van der Waals surface area contributed by atoms with E-state index in [1.807, 2.05) is 32.9 Å². The number of amides is 1. The van der Waals surface area contributed by atoms with E-state index in [0.29, 0.717) is 15.9 Å². The molecular weight excluding hydrogens is 302 g/mol. The maximum Gasteiger partial charge on any atom is 0.253 e. The molecule has 0 aliphatic rings. The monoisotopic (exact) mass is 317 g/mol. The van der Waals surface area contributed by atoms with Crippen molar-refractivity contribution in [2.75, 3.05) is 5.33 Å². The fourth-order valence-corrected chi connectivity index (χ4v) is 2.13. The van der Waals surface area contributed by atoms with Gasteiger partial charge >= 0.3 is 0 Å². The summed E-state index contributed by atoms with van der Waals surface area (Å²) in [7, 11) is 0. The second-order valence-corrected chi connectivity index (χ2v) is 5.38. The zero-order chi connectivity index (χ0) is 13.1. The van der Waals surface area contributed by atoms with Gasteiger partial charge in [-0.3, -0.25) is 4.79 Å². The quantitative estimate of drug-likeness (QED) is 0.837. The predicted molar refractivity (Wildman–Crippen MR) is 76.1 cm³/mol. The highest BCUT2D eigenvalue weighted by atomic mass is 79.9. The molecule has 1 rings (SSSR count). The van der Waals surface area contributed by atoms with Gasteiger partial charge in [0.25, 0.3) is 5.91 Å². The van der Waals surface area contributed by atoms with Crippen molar-refractivity contribution in [2.24, 2.45) is 0 Å². The molecule has 1 unspecified atom stereocenters. The molecule has 17 heavy (non-hydrogen) atoms. The summed E-state index contributed by atoms with van der Waals surface area (Å²) in [6.45, 7) is 5.94. The van der Waals surface area contributed by atoms with E-state index in [1.54, 1.807) is 6.07 Å². The molecule has 0 spiro atoms. The zero-order valence-electron chi connectivity index (χ0n) is 10.3. The summed E-state index contributed by atoms with van der Waals surface area (Å²) < 4.78 is 0. The van der Waals surface area contributed by atoms with E-state index in [1.165, 1.54) is 0 Å². The average molecular weight is 319 g/mol. The van der Waals surface area contributed by atoms with Crippen LogP contribution in [0.3, 0.4) is 0 Å². The van der Waals surface area contributed by atoms with Crippen molar-refractivity contribution < 1.29 is 4.79 Å². The Kier molecular flexibility index (Phi) is 5.02. The summed E-state index contributed by atoms with van der Waals surface area (Å²) in [4.78, 5) is 12.1. The molecule has 1 aromatic rings. The van der Waals surface area contributed by atoms with Gasteiger partial charge in [0, 0.05) is 10.9 Å². The number of hydrogen-bond donors (Lipinski definition) is 1. The zero-order valence-corrected chi connectivity index (χ0v) is 12.7. The van der Waals surface area contributed by atoms with Crippen LogP contribution in [0.2, 0.25) is 5.02 Å². The Bertz CT molecular complexity index is 416. The van der Waals surface area contributed by atoms with Crippen LogP contribution in [0.15, 0.2) is 18.2 Å². The fraction of sp³-hybridized carbons (Fsp3) is 0.462.